The number of carbonyl (C=O) groups excluding carboxylic acids is 5. The first kappa shape index (κ1) is 35.5. The maximum atomic E-state index is 13.5. The van der Waals surface area contributed by atoms with Crippen LogP contribution in [0, 0.1) is 0 Å². The highest BCUT2D eigenvalue weighted by molar-refractivity contribution is 6.03. The number of esters is 1. The van der Waals surface area contributed by atoms with E-state index in [1.54, 1.807) is 69.3 Å². The van der Waals surface area contributed by atoms with Crippen molar-refractivity contribution >= 4 is 35.5 Å². The zero-order valence-corrected chi connectivity index (χ0v) is 27.7. The molecule has 254 valence electrons. The van der Waals surface area contributed by atoms with E-state index in [0.29, 0.717) is 23.6 Å². The summed E-state index contributed by atoms with van der Waals surface area (Å²) in [5.41, 5.74) is 2.27. The summed E-state index contributed by atoms with van der Waals surface area (Å²) in [5, 5.41) is 10.6. The van der Waals surface area contributed by atoms with Gasteiger partial charge in [0.15, 0.2) is 0 Å². The average Bonchev–Trinajstić information content (AvgIpc) is 3.37. The minimum Gasteiger partial charge on any atom is -0.489 e. The van der Waals surface area contributed by atoms with E-state index in [9.17, 15) is 24.0 Å². The van der Waals surface area contributed by atoms with Crippen molar-refractivity contribution in [3.05, 3.63) is 95.6 Å². The third-order valence-electron chi connectivity index (χ3n) is 7.56. The predicted molar refractivity (Wildman–Crippen MR) is 178 cm³/mol. The number of nitrogens with one attached hydrogen (secondary N) is 4. The number of amides is 4. The molecule has 0 radical (unpaired) electrons. The molecule has 12 heteroatoms. The Labute approximate surface area is 279 Å². The molecule has 0 bridgehead atoms. The normalized spacial score (nSPS) is 15.5. The molecule has 3 aromatic carbocycles. The molecular formula is C36H42N4O8. The van der Waals surface area contributed by atoms with Crippen molar-refractivity contribution in [2.75, 3.05) is 12.4 Å². The zero-order chi connectivity index (χ0) is 34.8. The zero-order valence-electron chi connectivity index (χ0n) is 27.7. The first-order chi connectivity index (χ1) is 22.8. The summed E-state index contributed by atoms with van der Waals surface area (Å²) in [4.78, 5) is 64.8. The largest absolute Gasteiger partial charge is 0.489 e. The molecule has 1 heterocycles. The first-order valence-electron chi connectivity index (χ1n) is 15.7. The lowest BCUT2D eigenvalue weighted by molar-refractivity contribution is -0.145. The second-order valence-corrected chi connectivity index (χ2v) is 12.5. The number of carbonyl (C=O) groups is 5. The fourth-order valence-corrected chi connectivity index (χ4v) is 5.14. The van der Waals surface area contributed by atoms with Crippen LogP contribution in [0.15, 0.2) is 78.9 Å². The molecule has 1 aliphatic rings. The van der Waals surface area contributed by atoms with Gasteiger partial charge in [0.25, 0.3) is 0 Å². The minimum absolute atomic E-state index is 0.0458. The van der Waals surface area contributed by atoms with Crippen LogP contribution in [0.5, 0.6) is 5.75 Å². The highest BCUT2D eigenvalue weighted by Gasteiger charge is 2.36. The Morgan fingerprint density at radius 2 is 1.48 bits per heavy atom. The molecule has 4 atom stereocenters. The lowest BCUT2D eigenvalue weighted by Crippen LogP contribution is -2.55. The lowest BCUT2D eigenvalue weighted by Gasteiger charge is -2.25. The average molecular weight is 659 g/mol. The summed E-state index contributed by atoms with van der Waals surface area (Å²) >= 11 is 0. The van der Waals surface area contributed by atoms with Crippen molar-refractivity contribution in [2.24, 2.45) is 0 Å². The second kappa shape index (κ2) is 15.9. The maximum absolute atomic E-state index is 13.5. The summed E-state index contributed by atoms with van der Waals surface area (Å²) in [7, 11) is 1.18. The van der Waals surface area contributed by atoms with Gasteiger partial charge in [-0.15, -0.1) is 0 Å². The van der Waals surface area contributed by atoms with Gasteiger partial charge in [-0.05, 0) is 69.0 Å². The van der Waals surface area contributed by atoms with Crippen LogP contribution in [0.3, 0.4) is 0 Å². The van der Waals surface area contributed by atoms with E-state index >= 15 is 0 Å². The van der Waals surface area contributed by atoms with Crippen molar-refractivity contribution in [2.45, 2.75) is 76.8 Å². The Morgan fingerprint density at radius 3 is 2.15 bits per heavy atom. The topological polar surface area (TPSA) is 161 Å². The standard InChI is InChI=1S/C36H42N4O8/c1-22(31(41)39-30(34(44)46-5)20-27-26-13-9-10-14-28(26)38-32(27)42)37-33(43)29(40-35(45)48-36(2,3)4)19-23-15-17-25(18-16-23)47-21-24-11-7-6-8-12-24/h6-18,22,27,29-30H,19-21H2,1-5H3,(H,37,43)(H,38,42)(H,39,41)(H,40,45)/t22-,27?,29+,30+/m1/s1. The van der Waals surface area contributed by atoms with Crippen molar-refractivity contribution in [1.82, 2.24) is 16.0 Å². The molecule has 12 nitrogen and oxygen atoms in total. The van der Waals surface area contributed by atoms with E-state index in [-0.39, 0.29) is 18.7 Å². The van der Waals surface area contributed by atoms with Crippen LogP contribution < -0.4 is 26.0 Å². The van der Waals surface area contributed by atoms with Gasteiger partial charge in [-0.1, -0.05) is 60.7 Å². The number of benzene rings is 3. The quantitative estimate of drug-likeness (QED) is 0.201. The van der Waals surface area contributed by atoms with Crippen LogP contribution in [0.25, 0.3) is 0 Å². The van der Waals surface area contributed by atoms with E-state index in [2.05, 4.69) is 21.3 Å². The van der Waals surface area contributed by atoms with E-state index in [4.69, 9.17) is 14.2 Å². The number of alkyl carbamates (subject to hydrolysis) is 1. The van der Waals surface area contributed by atoms with Crippen molar-refractivity contribution in [1.29, 1.82) is 0 Å². The summed E-state index contributed by atoms with van der Waals surface area (Å²) in [6, 6.07) is 20.5. The molecule has 0 saturated carbocycles. The first-order valence-corrected chi connectivity index (χ1v) is 15.7. The highest BCUT2D eigenvalue weighted by Crippen LogP contribution is 2.35. The molecular weight excluding hydrogens is 616 g/mol. The molecule has 0 aromatic heterocycles. The van der Waals surface area contributed by atoms with Crippen LogP contribution >= 0.6 is 0 Å². The molecule has 0 fully saturated rings. The SMILES string of the molecule is COC(=O)[C@H](CC1C(=O)Nc2ccccc21)NC(=O)[C@@H](C)NC(=O)[C@H](Cc1ccc(OCc2ccccc2)cc1)NC(=O)OC(C)(C)C. The molecule has 4 amide bonds. The summed E-state index contributed by atoms with van der Waals surface area (Å²) < 4.78 is 16.1. The number of fused-ring (bicyclic) bond motifs is 1. The van der Waals surface area contributed by atoms with Crippen LogP contribution in [0.4, 0.5) is 10.5 Å². The summed E-state index contributed by atoms with van der Waals surface area (Å²) in [6.07, 6.45) is -0.765. The van der Waals surface area contributed by atoms with Gasteiger partial charge in [0.05, 0.1) is 13.0 Å². The molecule has 4 rings (SSSR count). The molecule has 0 aliphatic carbocycles. The van der Waals surface area contributed by atoms with Crippen molar-refractivity contribution in [3.8, 4) is 5.75 Å². The van der Waals surface area contributed by atoms with Gasteiger partial charge < -0.3 is 35.5 Å². The monoisotopic (exact) mass is 658 g/mol. The molecule has 48 heavy (non-hydrogen) atoms. The van der Waals surface area contributed by atoms with E-state index in [1.165, 1.54) is 14.0 Å². The van der Waals surface area contributed by atoms with E-state index in [0.717, 1.165) is 11.1 Å². The third-order valence-corrected chi connectivity index (χ3v) is 7.56. The Kier molecular flexibility index (Phi) is 11.8. The van der Waals surface area contributed by atoms with Crippen LogP contribution in [-0.4, -0.2) is 60.6 Å². The number of ether oxygens (including phenoxy) is 3. The van der Waals surface area contributed by atoms with E-state index in [1.807, 2.05) is 30.3 Å². The molecule has 0 saturated heterocycles. The van der Waals surface area contributed by atoms with Crippen LogP contribution in [0.2, 0.25) is 0 Å². The number of hydrogen-bond acceptors (Lipinski definition) is 8. The van der Waals surface area contributed by atoms with E-state index < -0.39 is 53.5 Å². The molecule has 1 aliphatic heterocycles. The lowest BCUT2D eigenvalue weighted by atomic mass is 9.93. The van der Waals surface area contributed by atoms with Gasteiger partial charge in [0.1, 0.15) is 36.1 Å². The summed E-state index contributed by atoms with van der Waals surface area (Å²) in [6.45, 7) is 6.95. The fourth-order valence-electron chi connectivity index (χ4n) is 5.14. The fraction of sp³-hybridized carbons (Fsp3) is 0.361. The Hall–Kier alpha value is -5.39. The van der Waals surface area contributed by atoms with Crippen molar-refractivity contribution in [3.63, 3.8) is 0 Å². The van der Waals surface area contributed by atoms with Crippen LogP contribution in [0.1, 0.15) is 56.7 Å². The molecule has 4 N–H and O–H groups in total. The van der Waals surface area contributed by atoms with Crippen molar-refractivity contribution < 1.29 is 38.2 Å². The predicted octanol–water partition coefficient (Wildman–Crippen LogP) is 3.99. The highest BCUT2D eigenvalue weighted by atomic mass is 16.6. The second-order valence-electron chi connectivity index (χ2n) is 12.5. The Balaban J connectivity index is 1.41. The number of methoxy groups -OCH3 is 1. The number of para-hydroxylation sites is 1. The van der Waals surface area contributed by atoms with Crippen LogP contribution in [-0.2, 0) is 41.7 Å². The minimum atomic E-state index is -1.16. The Morgan fingerprint density at radius 1 is 0.812 bits per heavy atom. The molecule has 0 spiro atoms. The number of rotatable bonds is 13. The number of hydrogen-bond donors (Lipinski definition) is 4. The van der Waals surface area contributed by atoms with Gasteiger partial charge in [-0.2, -0.15) is 0 Å². The third kappa shape index (κ3) is 10.1. The van der Waals surface area contributed by atoms with Gasteiger partial charge in [0, 0.05) is 12.1 Å². The summed E-state index contributed by atoms with van der Waals surface area (Å²) in [5.74, 6) is -2.42. The van der Waals surface area contributed by atoms with Gasteiger partial charge in [-0.3, -0.25) is 14.4 Å². The molecule has 1 unspecified atom stereocenters. The maximum Gasteiger partial charge on any atom is 0.408 e. The smallest absolute Gasteiger partial charge is 0.408 e. The Bertz CT molecular complexity index is 1600. The molecule has 3 aromatic rings. The van der Waals surface area contributed by atoms with Gasteiger partial charge in [0.2, 0.25) is 17.7 Å². The van der Waals surface area contributed by atoms with Gasteiger partial charge >= 0.3 is 12.1 Å². The van der Waals surface area contributed by atoms with Gasteiger partial charge in [-0.25, -0.2) is 9.59 Å². The number of anilines is 1.